The number of amides is 2. The first-order chi connectivity index (χ1) is 17.8. The number of hydrogen-bond acceptors (Lipinski definition) is 6. The molecule has 2 amide bonds. The lowest BCUT2D eigenvalue weighted by Crippen LogP contribution is -2.56. The van der Waals surface area contributed by atoms with Crippen LogP contribution in [-0.2, 0) is 6.61 Å². The fourth-order valence-electron chi connectivity index (χ4n) is 3.92. The molecule has 1 saturated heterocycles. The molecule has 10 heteroatoms. The van der Waals surface area contributed by atoms with Gasteiger partial charge in [0.2, 0.25) is 0 Å². The van der Waals surface area contributed by atoms with E-state index in [0.29, 0.717) is 36.7 Å². The average molecular weight is 501 g/mol. The molecule has 3 aromatic rings. The number of carbonyl (C=O) groups is 3. The maximum atomic E-state index is 13.0. The van der Waals surface area contributed by atoms with Gasteiger partial charge in [-0.05, 0) is 48.9 Å². The second kappa shape index (κ2) is 11.2. The predicted octanol–water partition coefficient (Wildman–Crippen LogP) is 4.25. The molecule has 2 heterocycles. The number of carboxylic acids is 1. The van der Waals surface area contributed by atoms with Crippen LogP contribution in [0.2, 0.25) is 0 Å². The lowest BCUT2D eigenvalue weighted by Gasteiger charge is -2.39. The van der Waals surface area contributed by atoms with Crippen LogP contribution in [-0.4, -0.2) is 63.5 Å². The Bertz CT molecular complexity index is 1350. The molecule has 1 aliphatic heterocycles. The number of piperazine rings is 1. The van der Waals surface area contributed by atoms with Crippen LogP contribution in [0.1, 0.15) is 33.2 Å². The Morgan fingerprint density at radius 1 is 1.05 bits per heavy atom. The number of nitrogens with zero attached hydrogens (tertiary/aromatic N) is 4. The monoisotopic (exact) mass is 500 g/mol. The van der Waals surface area contributed by atoms with Gasteiger partial charge in [0.15, 0.2) is 11.4 Å². The summed E-state index contributed by atoms with van der Waals surface area (Å²) in [5, 5.41) is 9.07. The molecule has 0 bridgehead atoms. The molecule has 0 aliphatic carbocycles. The Balaban J connectivity index is 1.31. The summed E-state index contributed by atoms with van der Waals surface area (Å²) in [6.07, 6.45) is 1.81. The van der Waals surface area contributed by atoms with Gasteiger partial charge in [0.05, 0.1) is 18.3 Å². The van der Waals surface area contributed by atoms with E-state index in [1.54, 1.807) is 41.3 Å². The van der Waals surface area contributed by atoms with Gasteiger partial charge >= 0.3 is 12.1 Å². The van der Waals surface area contributed by atoms with Gasteiger partial charge in [-0.3, -0.25) is 9.78 Å². The van der Waals surface area contributed by atoms with E-state index >= 15 is 0 Å². The van der Waals surface area contributed by atoms with E-state index in [0.717, 1.165) is 5.56 Å². The molecule has 1 N–H and O–H groups in total. The van der Waals surface area contributed by atoms with Crippen LogP contribution in [0.25, 0.3) is 4.85 Å². The van der Waals surface area contributed by atoms with Gasteiger partial charge in [-0.15, -0.1) is 0 Å². The first-order valence-electron chi connectivity index (χ1n) is 11.5. The fourth-order valence-corrected chi connectivity index (χ4v) is 3.92. The zero-order valence-electron chi connectivity index (χ0n) is 20.0. The summed E-state index contributed by atoms with van der Waals surface area (Å²) in [6.45, 7) is 10.1. The maximum absolute atomic E-state index is 13.0. The van der Waals surface area contributed by atoms with Crippen molar-refractivity contribution >= 4 is 23.7 Å². The average Bonchev–Trinajstić information content (AvgIpc) is 2.92. The summed E-state index contributed by atoms with van der Waals surface area (Å²) in [5.74, 6) is -0.685. The van der Waals surface area contributed by atoms with Crippen molar-refractivity contribution in [3.63, 3.8) is 0 Å². The minimum Gasteiger partial charge on any atom is -0.489 e. The number of aromatic carboxylic acids is 1. The van der Waals surface area contributed by atoms with Crippen LogP contribution in [0.4, 0.5) is 10.5 Å². The lowest BCUT2D eigenvalue weighted by molar-refractivity contribution is 0.0521. The second-order valence-electron chi connectivity index (χ2n) is 8.47. The van der Waals surface area contributed by atoms with Gasteiger partial charge in [-0.25, -0.2) is 14.4 Å². The summed E-state index contributed by atoms with van der Waals surface area (Å²) < 4.78 is 11.1. The Kier molecular flexibility index (Phi) is 7.64. The highest BCUT2D eigenvalue weighted by Crippen LogP contribution is 2.20. The van der Waals surface area contributed by atoms with Gasteiger partial charge in [-0.1, -0.05) is 18.2 Å². The van der Waals surface area contributed by atoms with Crippen molar-refractivity contribution in [3.05, 3.63) is 95.1 Å². The SMILES string of the molecule is [C-]#[N+]c1cccc(COc2ccc(C(=O)N3CCN(C(=O)Oc4cncc(C(=O)O)c4)C(C)C3)cc2)c1. The highest BCUT2D eigenvalue weighted by Gasteiger charge is 2.31. The third kappa shape index (κ3) is 6.21. The molecule has 1 aromatic heterocycles. The Hall–Kier alpha value is -4.91. The molecule has 0 saturated carbocycles. The maximum Gasteiger partial charge on any atom is 0.415 e. The highest BCUT2D eigenvalue weighted by molar-refractivity contribution is 5.94. The Morgan fingerprint density at radius 2 is 1.84 bits per heavy atom. The first-order valence-corrected chi connectivity index (χ1v) is 11.5. The van der Waals surface area contributed by atoms with Crippen molar-refractivity contribution in [2.75, 3.05) is 19.6 Å². The number of benzene rings is 2. The third-order valence-corrected chi connectivity index (χ3v) is 5.86. The summed E-state index contributed by atoms with van der Waals surface area (Å²) >= 11 is 0. The summed E-state index contributed by atoms with van der Waals surface area (Å²) in [7, 11) is 0. The number of aromatic nitrogens is 1. The van der Waals surface area contributed by atoms with Gasteiger partial charge < -0.3 is 24.4 Å². The van der Waals surface area contributed by atoms with Crippen molar-refractivity contribution in [1.29, 1.82) is 0 Å². The molecule has 10 nitrogen and oxygen atoms in total. The number of rotatable bonds is 6. The predicted molar refractivity (Wildman–Crippen MR) is 133 cm³/mol. The van der Waals surface area contributed by atoms with Crippen LogP contribution < -0.4 is 9.47 Å². The van der Waals surface area contributed by atoms with Crippen molar-refractivity contribution in [1.82, 2.24) is 14.8 Å². The summed E-state index contributed by atoms with van der Waals surface area (Å²) in [4.78, 5) is 47.1. The molecule has 1 fully saturated rings. The van der Waals surface area contributed by atoms with Crippen molar-refractivity contribution in [2.24, 2.45) is 0 Å². The van der Waals surface area contributed by atoms with Crippen LogP contribution >= 0.6 is 0 Å². The Morgan fingerprint density at radius 3 is 2.54 bits per heavy atom. The molecule has 1 aliphatic rings. The number of carboxylic acid groups (broad SMARTS) is 1. The van der Waals surface area contributed by atoms with Gasteiger partial charge in [0.25, 0.3) is 5.91 Å². The topological polar surface area (TPSA) is 114 Å². The van der Waals surface area contributed by atoms with Gasteiger partial charge in [0, 0.05) is 37.4 Å². The molecule has 4 rings (SSSR count). The van der Waals surface area contributed by atoms with Gasteiger partial charge in [0.1, 0.15) is 12.4 Å². The highest BCUT2D eigenvalue weighted by atomic mass is 16.6. The smallest absolute Gasteiger partial charge is 0.415 e. The zero-order valence-corrected chi connectivity index (χ0v) is 20.0. The quantitative estimate of drug-likeness (QED) is 0.503. The van der Waals surface area contributed by atoms with E-state index < -0.39 is 12.1 Å². The van der Waals surface area contributed by atoms with E-state index in [4.69, 9.17) is 21.2 Å². The molecule has 1 unspecified atom stereocenters. The second-order valence-corrected chi connectivity index (χ2v) is 8.47. The third-order valence-electron chi connectivity index (χ3n) is 5.86. The van der Waals surface area contributed by atoms with Crippen LogP contribution in [0.5, 0.6) is 11.5 Å². The van der Waals surface area contributed by atoms with Crippen molar-refractivity contribution in [2.45, 2.75) is 19.6 Å². The molecule has 0 radical (unpaired) electrons. The molecule has 2 aromatic carbocycles. The number of carbonyl (C=O) groups excluding carboxylic acids is 2. The molecule has 37 heavy (non-hydrogen) atoms. The summed E-state index contributed by atoms with van der Waals surface area (Å²) in [5.41, 5.74) is 1.85. The molecule has 0 spiro atoms. The van der Waals surface area contributed by atoms with E-state index in [2.05, 4.69) is 9.83 Å². The minimum atomic E-state index is -1.17. The van der Waals surface area contributed by atoms with Gasteiger partial charge in [-0.2, -0.15) is 0 Å². The minimum absolute atomic E-state index is 0.0389. The number of hydrogen-bond donors (Lipinski definition) is 1. The van der Waals surface area contributed by atoms with E-state index in [9.17, 15) is 14.4 Å². The lowest BCUT2D eigenvalue weighted by atomic mass is 10.1. The standard InChI is InChI=1S/C27H24N4O6/c1-18-16-30(10-11-31(18)27(35)37-24-13-21(26(33)34)14-29-15-24)25(32)20-6-8-23(9-7-20)36-17-19-4-3-5-22(12-19)28-2/h3-9,12-15,18H,10-11,16-17H2,1H3,(H,33,34). The van der Waals surface area contributed by atoms with Crippen molar-refractivity contribution in [3.8, 4) is 11.5 Å². The molecular formula is C27H24N4O6. The number of ether oxygens (including phenoxy) is 2. The number of pyridine rings is 1. The largest absolute Gasteiger partial charge is 0.489 e. The fraction of sp³-hybridized carbons (Fsp3) is 0.222. The van der Waals surface area contributed by atoms with E-state index in [1.165, 1.54) is 23.4 Å². The first kappa shape index (κ1) is 25.2. The van der Waals surface area contributed by atoms with Crippen LogP contribution in [0, 0.1) is 6.57 Å². The Labute approximate surface area is 213 Å². The summed E-state index contributed by atoms with van der Waals surface area (Å²) in [6, 6.07) is 15.0. The molecule has 188 valence electrons. The van der Waals surface area contributed by atoms with Crippen LogP contribution in [0.15, 0.2) is 67.0 Å². The normalized spacial score (nSPS) is 15.0. The molecular weight excluding hydrogens is 476 g/mol. The van der Waals surface area contributed by atoms with Crippen molar-refractivity contribution < 1.29 is 29.0 Å². The molecule has 1 atom stereocenters. The van der Waals surface area contributed by atoms with E-state index in [1.807, 2.05) is 19.1 Å². The van der Waals surface area contributed by atoms with Crippen LogP contribution in [0.3, 0.4) is 0 Å². The van der Waals surface area contributed by atoms with E-state index in [-0.39, 0.29) is 29.8 Å². The zero-order chi connectivity index (χ0) is 26.4.